The van der Waals surface area contributed by atoms with Crippen LogP contribution in [0.5, 0.6) is 11.5 Å². The monoisotopic (exact) mass is 359 g/mol. The summed E-state index contributed by atoms with van der Waals surface area (Å²) in [4.78, 5) is 11.4. The summed E-state index contributed by atoms with van der Waals surface area (Å²) in [5.74, 6) is 1.11. The Balaban J connectivity index is 0.000000385. The molecule has 140 valence electrons. The summed E-state index contributed by atoms with van der Waals surface area (Å²) in [5.41, 5.74) is 2.60. The maximum atomic E-state index is 10.7. The molecule has 0 amide bonds. The van der Waals surface area contributed by atoms with Crippen molar-refractivity contribution in [2.75, 3.05) is 20.7 Å². The van der Waals surface area contributed by atoms with Crippen molar-refractivity contribution in [1.82, 2.24) is 4.90 Å². The van der Waals surface area contributed by atoms with E-state index in [-0.39, 0.29) is 17.4 Å². The van der Waals surface area contributed by atoms with Crippen LogP contribution >= 0.6 is 0 Å². The van der Waals surface area contributed by atoms with Gasteiger partial charge in [-0.15, -0.1) is 0 Å². The topological polar surface area (TPSA) is 79.2 Å². The van der Waals surface area contributed by atoms with Crippen LogP contribution in [0, 0.1) is 5.92 Å². The number of benzene rings is 1. The van der Waals surface area contributed by atoms with Gasteiger partial charge in [0.25, 0.3) is 5.97 Å². The van der Waals surface area contributed by atoms with E-state index in [9.17, 15) is 5.11 Å². The van der Waals surface area contributed by atoms with Crippen LogP contribution < -0.4 is 9.47 Å². The highest BCUT2D eigenvalue weighted by molar-refractivity contribution is 5.63. The molecule has 6 heteroatoms. The van der Waals surface area contributed by atoms with Crippen LogP contribution in [0.4, 0.5) is 0 Å². The van der Waals surface area contributed by atoms with Crippen LogP contribution in [0.3, 0.4) is 0 Å². The molecule has 4 aliphatic rings. The molecule has 5 atom stereocenters. The number of aliphatic hydroxyl groups is 1. The number of likely N-dealkylation sites (N-methyl/N-ethyl adjacent to an activating group) is 1. The van der Waals surface area contributed by atoms with Gasteiger partial charge in [-0.05, 0) is 44.1 Å². The van der Waals surface area contributed by atoms with Crippen molar-refractivity contribution in [3.05, 3.63) is 35.4 Å². The first-order valence-electron chi connectivity index (χ1n) is 9.03. The minimum Gasteiger partial charge on any atom is -0.493 e. The zero-order chi connectivity index (χ0) is 18.6. The van der Waals surface area contributed by atoms with E-state index in [1.54, 1.807) is 7.11 Å². The van der Waals surface area contributed by atoms with Gasteiger partial charge in [-0.25, -0.2) is 0 Å². The first-order valence-corrected chi connectivity index (χ1v) is 9.03. The summed E-state index contributed by atoms with van der Waals surface area (Å²) in [6.45, 7) is 2.14. The van der Waals surface area contributed by atoms with Gasteiger partial charge < -0.3 is 24.6 Å². The highest BCUT2D eigenvalue weighted by atomic mass is 16.5. The number of rotatable bonds is 1. The number of methoxy groups -OCH3 is 1. The van der Waals surface area contributed by atoms with Gasteiger partial charge in [0, 0.05) is 29.9 Å². The number of likely N-dealkylation sites (tertiary alicyclic amines) is 1. The summed E-state index contributed by atoms with van der Waals surface area (Å²) >= 11 is 0. The fraction of sp³-hybridized carbons (Fsp3) is 0.550. The van der Waals surface area contributed by atoms with E-state index < -0.39 is 12.1 Å². The molecule has 1 aromatic rings. The normalized spacial score (nSPS) is 35.7. The maximum absolute atomic E-state index is 10.7. The van der Waals surface area contributed by atoms with Crippen molar-refractivity contribution in [3.63, 3.8) is 0 Å². The van der Waals surface area contributed by atoms with Crippen molar-refractivity contribution >= 4 is 5.97 Å². The van der Waals surface area contributed by atoms with Gasteiger partial charge in [-0.3, -0.25) is 4.79 Å². The second-order valence-corrected chi connectivity index (χ2v) is 7.63. The fourth-order valence-electron chi connectivity index (χ4n) is 5.46. The molecule has 1 saturated heterocycles. The molecular formula is C20H25NO5. The van der Waals surface area contributed by atoms with Gasteiger partial charge in [0.2, 0.25) is 0 Å². The van der Waals surface area contributed by atoms with Crippen molar-refractivity contribution < 1.29 is 24.5 Å². The quantitative estimate of drug-likeness (QED) is 0.742. The number of aliphatic carboxylic acids is 1. The van der Waals surface area contributed by atoms with Crippen molar-refractivity contribution in [3.8, 4) is 11.5 Å². The largest absolute Gasteiger partial charge is 0.493 e. The Hall–Kier alpha value is -2.05. The Morgan fingerprint density at radius 3 is 2.81 bits per heavy atom. The van der Waals surface area contributed by atoms with E-state index in [4.69, 9.17) is 19.4 Å². The first kappa shape index (κ1) is 17.4. The summed E-state index contributed by atoms with van der Waals surface area (Å²) in [6.07, 6.45) is 5.65. The predicted octanol–water partition coefficient (Wildman–Crippen LogP) is 1.59. The molecule has 2 N–H and O–H groups in total. The van der Waals surface area contributed by atoms with Crippen LogP contribution in [0.25, 0.3) is 0 Å². The number of hydrogen-bond acceptors (Lipinski definition) is 5. The lowest BCUT2D eigenvalue weighted by Gasteiger charge is -2.57. The number of ether oxygens (including phenoxy) is 2. The van der Waals surface area contributed by atoms with Crippen molar-refractivity contribution in [2.45, 2.75) is 43.4 Å². The Kier molecular flexibility index (Phi) is 4.00. The van der Waals surface area contributed by atoms with Crippen molar-refractivity contribution in [1.29, 1.82) is 0 Å². The van der Waals surface area contributed by atoms with Gasteiger partial charge in [-0.1, -0.05) is 12.1 Å². The average molecular weight is 359 g/mol. The molecular weight excluding hydrogens is 334 g/mol. The second kappa shape index (κ2) is 5.99. The number of hydrogen-bond donors (Lipinski definition) is 2. The molecule has 5 rings (SSSR count). The third-order valence-corrected chi connectivity index (χ3v) is 6.38. The SMILES string of the molecule is CC(=O)O.COc1ccc2c3c1O[C@H]1C=C[C@H](O)[C@H]4[C@@H](C2)N(C)CC[C@@]341. The van der Waals surface area contributed by atoms with Gasteiger partial charge >= 0.3 is 0 Å². The molecule has 0 unspecified atom stereocenters. The minimum absolute atomic E-state index is 0.0300. The number of aliphatic hydroxyl groups excluding tert-OH is 1. The number of piperidine rings is 1. The Morgan fingerprint density at radius 2 is 2.12 bits per heavy atom. The minimum atomic E-state index is -0.833. The number of carboxylic acid groups (broad SMARTS) is 1. The maximum Gasteiger partial charge on any atom is 0.300 e. The predicted molar refractivity (Wildman–Crippen MR) is 95.8 cm³/mol. The smallest absolute Gasteiger partial charge is 0.300 e. The van der Waals surface area contributed by atoms with Crippen LogP contribution in [-0.4, -0.2) is 60.0 Å². The zero-order valence-corrected chi connectivity index (χ0v) is 15.3. The highest BCUT2D eigenvalue weighted by Crippen LogP contribution is 2.62. The van der Waals surface area contributed by atoms with Crippen molar-refractivity contribution in [2.24, 2.45) is 5.92 Å². The third kappa shape index (κ3) is 2.21. The molecule has 1 spiro atoms. The van der Waals surface area contributed by atoms with Crippen LogP contribution in [0.15, 0.2) is 24.3 Å². The van der Waals surface area contributed by atoms with Gasteiger partial charge in [-0.2, -0.15) is 0 Å². The van der Waals surface area contributed by atoms with E-state index >= 15 is 0 Å². The average Bonchev–Trinajstić information content (AvgIpc) is 2.93. The highest BCUT2D eigenvalue weighted by Gasteiger charge is 2.64. The zero-order valence-electron chi connectivity index (χ0n) is 15.3. The molecule has 0 saturated carbocycles. The number of carboxylic acids is 1. The van der Waals surface area contributed by atoms with E-state index in [0.29, 0.717) is 6.04 Å². The molecule has 0 aromatic heterocycles. The summed E-state index contributed by atoms with van der Waals surface area (Å²) in [7, 11) is 3.88. The number of carbonyl (C=O) groups is 1. The third-order valence-electron chi connectivity index (χ3n) is 6.38. The number of nitrogens with zero attached hydrogens (tertiary/aromatic N) is 1. The molecule has 1 aromatic carbocycles. The Bertz CT molecular complexity index is 772. The second-order valence-electron chi connectivity index (χ2n) is 7.63. The molecule has 2 aliphatic heterocycles. The standard InChI is InChI=1S/C18H21NO3.C2H4O2/c1-19-8-7-18-14-6-4-12(20)16(18)11(19)9-10-3-5-13(21-2)17(22-14)15(10)18;1-2(3)4/h3-6,11-12,14,16,20H,7-9H2,1-2H3;1H3,(H,3,4)/t11-,12+,14+,16-,18-;/m1./s1. The summed E-state index contributed by atoms with van der Waals surface area (Å²) < 4.78 is 11.9. The van der Waals surface area contributed by atoms with Crippen LogP contribution in [0.1, 0.15) is 24.5 Å². The van der Waals surface area contributed by atoms with Gasteiger partial charge in [0.05, 0.1) is 13.2 Å². The van der Waals surface area contributed by atoms with E-state index in [1.807, 2.05) is 12.1 Å². The molecule has 0 radical (unpaired) electrons. The van der Waals surface area contributed by atoms with Gasteiger partial charge in [0.15, 0.2) is 11.5 Å². The molecule has 2 heterocycles. The van der Waals surface area contributed by atoms with Crippen LogP contribution in [0.2, 0.25) is 0 Å². The summed E-state index contributed by atoms with van der Waals surface area (Å²) in [5, 5.41) is 18.1. The Morgan fingerprint density at radius 1 is 1.38 bits per heavy atom. The molecule has 26 heavy (non-hydrogen) atoms. The lowest BCUT2D eigenvalue weighted by Crippen LogP contribution is -2.65. The molecule has 1 fully saturated rings. The van der Waals surface area contributed by atoms with E-state index in [2.05, 4.69) is 24.1 Å². The lowest BCUT2D eigenvalue weighted by atomic mass is 9.52. The van der Waals surface area contributed by atoms with Gasteiger partial charge in [0.1, 0.15) is 6.10 Å². The lowest BCUT2D eigenvalue weighted by molar-refractivity contribution is -0.134. The fourth-order valence-corrected chi connectivity index (χ4v) is 5.46. The van der Waals surface area contributed by atoms with Crippen LogP contribution in [-0.2, 0) is 16.6 Å². The molecule has 2 bridgehead atoms. The Labute approximate surface area is 153 Å². The first-order chi connectivity index (χ1) is 12.4. The summed E-state index contributed by atoms with van der Waals surface area (Å²) in [6, 6.07) is 4.60. The molecule has 6 nitrogen and oxygen atoms in total. The van der Waals surface area contributed by atoms with E-state index in [0.717, 1.165) is 37.8 Å². The molecule has 2 aliphatic carbocycles. The van der Waals surface area contributed by atoms with E-state index in [1.165, 1.54) is 11.1 Å².